The topological polar surface area (TPSA) is 87.0 Å². The molecular weight excluding hydrogens is 434 g/mol. The molecule has 2 N–H and O–H groups in total. The summed E-state index contributed by atoms with van der Waals surface area (Å²) < 4.78 is 6.35. The van der Waals surface area contributed by atoms with E-state index in [0.717, 1.165) is 65.4 Å². The highest BCUT2D eigenvalue weighted by atomic mass is 79.9. The van der Waals surface area contributed by atoms with E-state index in [1.807, 2.05) is 42.5 Å². The third kappa shape index (κ3) is 5.47. The molecule has 0 atom stereocenters. The highest BCUT2D eigenvalue weighted by Crippen LogP contribution is 2.26. The van der Waals surface area contributed by atoms with Gasteiger partial charge in [-0.3, -0.25) is 10.3 Å². The maximum Gasteiger partial charge on any atom is 0.141 e. The average Bonchev–Trinajstić information content (AvgIpc) is 2.75. The normalized spacial score (nSPS) is 15.1. The Balaban J connectivity index is 1.41. The maximum atomic E-state index is 5.35. The Hall–Kier alpha value is -2.62. The zero-order valence-electron chi connectivity index (χ0n) is 15.9. The van der Waals surface area contributed by atoms with Crippen molar-refractivity contribution in [2.45, 2.75) is 0 Å². The fourth-order valence-electron chi connectivity index (χ4n) is 3.08. The molecule has 0 amide bonds. The molecule has 1 aliphatic heterocycles. The van der Waals surface area contributed by atoms with E-state index >= 15 is 0 Å². The Kier molecular flexibility index (Phi) is 6.60. The van der Waals surface area contributed by atoms with E-state index in [2.05, 4.69) is 51.9 Å². The standard InChI is InChI=1S/C20H22BrN7O/c21-15-2-1-3-16(12-15)25-20-18-13-17(4-5-19(18)22-14-23-20)26-27-24-6-7-28-8-10-29-11-9-28/h1-5,12-14H,6-11H2,(H,24,26)(H,22,23,25). The minimum absolute atomic E-state index is 0.652. The molecule has 9 heteroatoms. The molecule has 1 saturated heterocycles. The van der Waals surface area contributed by atoms with Gasteiger partial charge in [0.25, 0.3) is 0 Å². The first-order chi connectivity index (χ1) is 14.3. The van der Waals surface area contributed by atoms with Crippen LogP contribution in [0.5, 0.6) is 0 Å². The smallest absolute Gasteiger partial charge is 0.141 e. The van der Waals surface area contributed by atoms with Crippen LogP contribution in [0.1, 0.15) is 0 Å². The van der Waals surface area contributed by atoms with Gasteiger partial charge in [-0.2, -0.15) is 5.11 Å². The lowest BCUT2D eigenvalue weighted by Crippen LogP contribution is -2.37. The molecule has 0 aliphatic carbocycles. The number of aromatic nitrogens is 2. The van der Waals surface area contributed by atoms with Crippen LogP contribution in [-0.4, -0.2) is 54.3 Å². The number of hydrogen-bond donors (Lipinski definition) is 2. The highest BCUT2D eigenvalue weighted by Gasteiger charge is 2.09. The van der Waals surface area contributed by atoms with Gasteiger partial charge in [-0.1, -0.05) is 27.2 Å². The first-order valence-electron chi connectivity index (χ1n) is 9.48. The Labute approximate surface area is 177 Å². The van der Waals surface area contributed by atoms with Crippen LogP contribution in [0, 0.1) is 0 Å². The Morgan fingerprint density at radius 2 is 1.97 bits per heavy atom. The number of nitrogens with one attached hydrogen (secondary N) is 2. The SMILES string of the molecule is Brc1cccc(Nc2ncnc3ccc(NN=NCCN4CCOCC4)cc23)c1. The van der Waals surface area contributed by atoms with Crippen molar-refractivity contribution >= 4 is 44.0 Å². The van der Waals surface area contributed by atoms with E-state index in [0.29, 0.717) is 6.54 Å². The van der Waals surface area contributed by atoms with Gasteiger partial charge in [-0.15, -0.1) is 0 Å². The minimum atomic E-state index is 0.652. The van der Waals surface area contributed by atoms with Crippen LogP contribution in [-0.2, 0) is 4.74 Å². The van der Waals surface area contributed by atoms with Crippen LogP contribution in [0.3, 0.4) is 0 Å². The first kappa shape index (κ1) is 19.7. The summed E-state index contributed by atoms with van der Waals surface area (Å²) >= 11 is 3.49. The number of rotatable bonds is 7. The van der Waals surface area contributed by atoms with Gasteiger partial charge in [-0.25, -0.2) is 9.97 Å². The molecular formula is C20H22BrN7O. The third-order valence-corrected chi connectivity index (χ3v) is 5.09. The van der Waals surface area contributed by atoms with E-state index < -0.39 is 0 Å². The molecule has 0 bridgehead atoms. The monoisotopic (exact) mass is 455 g/mol. The molecule has 1 fully saturated rings. The molecule has 0 radical (unpaired) electrons. The number of benzene rings is 2. The lowest BCUT2D eigenvalue weighted by molar-refractivity contribution is 0.0393. The second-order valence-electron chi connectivity index (χ2n) is 6.62. The summed E-state index contributed by atoms with van der Waals surface area (Å²) in [7, 11) is 0. The molecule has 29 heavy (non-hydrogen) atoms. The van der Waals surface area contributed by atoms with E-state index in [9.17, 15) is 0 Å². The zero-order valence-corrected chi connectivity index (χ0v) is 17.5. The summed E-state index contributed by atoms with van der Waals surface area (Å²) in [6.45, 7) is 5.05. The number of ether oxygens (including phenoxy) is 1. The van der Waals surface area contributed by atoms with Crippen molar-refractivity contribution < 1.29 is 4.74 Å². The van der Waals surface area contributed by atoms with Gasteiger partial charge in [0, 0.05) is 35.2 Å². The zero-order chi connectivity index (χ0) is 19.9. The Morgan fingerprint density at radius 3 is 2.83 bits per heavy atom. The van der Waals surface area contributed by atoms with Crippen LogP contribution in [0.4, 0.5) is 17.2 Å². The lowest BCUT2D eigenvalue weighted by Gasteiger charge is -2.25. The summed E-state index contributed by atoms with van der Waals surface area (Å²) in [4.78, 5) is 11.1. The largest absolute Gasteiger partial charge is 0.379 e. The molecule has 0 unspecified atom stereocenters. The Morgan fingerprint density at radius 1 is 1.07 bits per heavy atom. The number of morpholine rings is 1. The molecule has 3 aromatic rings. The maximum absolute atomic E-state index is 5.35. The fourth-order valence-corrected chi connectivity index (χ4v) is 3.48. The molecule has 4 rings (SSSR count). The van der Waals surface area contributed by atoms with Crippen LogP contribution in [0.15, 0.2) is 63.6 Å². The first-order valence-corrected chi connectivity index (χ1v) is 10.3. The van der Waals surface area contributed by atoms with Crippen molar-refractivity contribution in [3.8, 4) is 0 Å². The van der Waals surface area contributed by atoms with Gasteiger partial charge >= 0.3 is 0 Å². The highest BCUT2D eigenvalue weighted by molar-refractivity contribution is 9.10. The summed E-state index contributed by atoms with van der Waals surface area (Å²) in [5.74, 6) is 0.737. The van der Waals surface area contributed by atoms with Crippen molar-refractivity contribution in [2.75, 3.05) is 50.1 Å². The molecule has 2 aromatic carbocycles. The van der Waals surface area contributed by atoms with Gasteiger partial charge in [0.05, 0.1) is 31.0 Å². The van der Waals surface area contributed by atoms with Crippen molar-refractivity contribution in [3.63, 3.8) is 0 Å². The summed E-state index contributed by atoms with van der Waals surface area (Å²) in [5.41, 5.74) is 5.63. The second-order valence-corrected chi connectivity index (χ2v) is 7.54. The van der Waals surface area contributed by atoms with Gasteiger partial charge in [0.1, 0.15) is 12.1 Å². The van der Waals surface area contributed by atoms with Crippen molar-refractivity contribution in [2.24, 2.45) is 10.3 Å². The van der Waals surface area contributed by atoms with Crippen LogP contribution in [0.2, 0.25) is 0 Å². The quantitative estimate of drug-likeness (QED) is 0.409. The van der Waals surface area contributed by atoms with E-state index in [-0.39, 0.29) is 0 Å². The van der Waals surface area contributed by atoms with Gasteiger partial charge in [-0.05, 0) is 36.4 Å². The van der Waals surface area contributed by atoms with Crippen molar-refractivity contribution in [1.82, 2.24) is 14.9 Å². The summed E-state index contributed by atoms with van der Waals surface area (Å²) in [6, 6.07) is 13.8. The molecule has 1 aliphatic rings. The van der Waals surface area contributed by atoms with Gasteiger partial charge < -0.3 is 10.1 Å². The van der Waals surface area contributed by atoms with E-state index in [1.54, 1.807) is 6.33 Å². The van der Waals surface area contributed by atoms with Crippen molar-refractivity contribution in [3.05, 3.63) is 53.3 Å². The number of nitrogens with zero attached hydrogens (tertiary/aromatic N) is 5. The number of halogens is 1. The van der Waals surface area contributed by atoms with Crippen LogP contribution < -0.4 is 10.7 Å². The fraction of sp³-hybridized carbons (Fsp3) is 0.300. The molecule has 150 valence electrons. The van der Waals surface area contributed by atoms with Crippen LogP contribution >= 0.6 is 15.9 Å². The van der Waals surface area contributed by atoms with E-state index in [4.69, 9.17) is 4.74 Å². The predicted molar refractivity (Wildman–Crippen MR) is 118 cm³/mol. The summed E-state index contributed by atoms with van der Waals surface area (Å²) in [6.07, 6.45) is 1.56. The van der Waals surface area contributed by atoms with Gasteiger partial charge in [0.15, 0.2) is 0 Å². The third-order valence-electron chi connectivity index (χ3n) is 4.59. The summed E-state index contributed by atoms with van der Waals surface area (Å²) in [5, 5.41) is 12.6. The number of hydrogen-bond acceptors (Lipinski definition) is 7. The number of anilines is 3. The molecule has 2 heterocycles. The molecule has 0 spiro atoms. The molecule has 8 nitrogen and oxygen atoms in total. The molecule has 0 saturated carbocycles. The Bertz CT molecular complexity index is 991. The second kappa shape index (κ2) is 9.73. The molecule has 1 aromatic heterocycles. The van der Waals surface area contributed by atoms with Crippen LogP contribution in [0.25, 0.3) is 10.9 Å². The number of fused-ring (bicyclic) bond motifs is 1. The minimum Gasteiger partial charge on any atom is -0.379 e. The van der Waals surface area contributed by atoms with Crippen molar-refractivity contribution in [1.29, 1.82) is 0 Å². The van der Waals surface area contributed by atoms with E-state index in [1.165, 1.54) is 0 Å². The average molecular weight is 456 g/mol. The predicted octanol–water partition coefficient (Wildman–Crippen LogP) is 4.25. The van der Waals surface area contributed by atoms with Gasteiger partial charge in [0.2, 0.25) is 0 Å². The lowest BCUT2D eigenvalue weighted by atomic mass is 10.2.